The summed E-state index contributed by atoms with van der Waals surface area (Å²) in [5, 5.41) is 1.78. The Bertz CT molecular complexity index is 447. The summed E-state index contributed by atoms with van der Waals surface area (Å²) in [7, 11) is -1.64. The van der Waals surface area contributed by atoms with E-state index in [1.807, 2.05) is 5.62 Å². The summed E-state index contributed by atoms with van der Waals surface area (Å²) in [4.78, 5) is 0. The van der Waals surface area contributed by atoms with Gasteiger partial charge in [-0.05, 0) is 77.6 Å². The first kappa shape index (κ1) is 22.6. The van der Waals surface area contributed by atoms with Gasteiger partial charge in [0.2, 0.25) is 0 Å². The van der Waals surface area contributed by atoms with Crippen molar-refractivity contribution in [3.63, 3.8) is 0 Å². The van der Waals surface area contributed by atoms with Crippen LogP contribution in [0.25, 0.3) is 0 Å². The third-order valence-electron chi connectivity index (χ3n) is 4.52. The third-order valence-corrected chi connectivity index (χ3v) is 11.0. The van der Waals surface area contributed by atoms with E-state index in [2.05, 4.69) is 73.6 Å². The van der Waals surface area contributed by atoms with Gasteiger partial charge in [-0.1, -0.05) is 32.8 Å². The van der Waals surface area contributed by atoms with Crippen LogP contribution in [0.2, 0.25) is 0 Å². The second-order valence-electron chi connectivity index (χ2n) is 7.88. The van der Waals surface area contributed by atoms with Gasteiger partial charge in [0.05, 0.1) is 15.6 Å². The molecule has 0 amide bonds. The Labute approximate surface area is 157 Å². The monoisotopic (exact) mass is 432 g/mol. The molecule has 1 aromatic rings. The average Bonchev–Trinajstić information content (AvgIpc) is 2.36. The molecular weight excluding hydrogens is 401 g/mol. The fourth-order valence-corrected chi connectivity index (χ4v) is 10.6. The number of rotatable bonds is 4. The van der Waals surface area contributed by atoms with Crippen molar-refractivity contribution in [2.45, 2.75) is 78.5 Å². The van der Waals surface area contributed by atoms with Crippen LogP contribution in [0, 0.1) is 5.62 Å². The van der Waals surface area contributed by atoms with Crippen LogP contribution in [0.5, 0.6) is 0 Å². The van der Waals surface area contributed by atoms with Crippen molar-refractivity contribution in [1.29, 1.82) is 0 Å². The first-order valence-corrected chi connectivity index (χ1v) is 10.3. The summed E-state index contributed by atoms with van der Waals surface area (Å²) in [6.07, 6.45) is 2.16. The van der Waals surface area contributed by atoms with E-state index in [0.717, 1.165) is 12.8 Å². The number of hydrogen-bond donors (Lipinski definition) is 0. The van der Waals surface area contributed by atoms with E-state index >= 15 is 0 Å². The van der Waals surface area contributed by atoms with Gasteiger partial charge in [0.15, 0.2) is 0 Å². The minimum absolute atomic E-state index is 0. The van der Waals surface area contributed by atoms with Gasteiger partial charge in [-0.15, -0.1) is 0 Å². The summed E-state index contributed by atoms with van der Waals surface area (Å²) in [5.41, 5.74) is 4.89. The summed E-state index contributed by atoms with van der Waals surface area (Å²) >= 11 is 6.54. The van der Waals surface area contributed by atoms with Gasteiger partial charge in [-0.25, -0.2) is 0 Å². The Hall–Kier alpha value is 0.602. The Morgan fingerprint density at radius 3 is 1.45 bits per heavy atom. The van der Waals surface area contributed by atoms with E-state index in [4.69, 9.17) is 11.6 Å². The van der Waals surface area contributed by atoms with Gasteiger partial charge in [-0.2, -0.15) is 0 Å². The molecule has 0 N–H and O–H groups in total. The minimum Gasteiger partial charge on any atom is -0.304 e. The number of benzene rings is 1. The maximum absolute atomic E-state index is 6.54. The summed E-state index contributed by atoms with van der Waals surface area (Å²) < 4.78 is 0. The molecule has 0 saturated heterocycles. The molecule has 0 nitrogen and oxygen atoms in total. The second-order valence-corrected chi connectivity index (χ2v) is 13.3. The summed E-state index contributed by atoms with van der Waals surface area (Å²) in [6, 6.07) is 7.16. The normalized spacial score (nSPS) is 13.0. The molecule has 0 spiro atoms. The molecule has 0 bridgehead atoms. The Morgan fingerprint density at radius 2 is 1.23 bits per heavy atom. The molecule has 3 heteroatoms. The van der Waals surface area contributed by atoms with Gasteiger partial charge in [0.25, 0.3) is 0 Å². The van der Waals surface area contributed by atoms with Gasteiger partial charge in [0, 0.05) is 20.4 Å². The molecule has 0 radical (unpaired) electrons. The molecule has 1 aromatic carbocycles. The maximum atomic E-state index is 6.54. The Kier molecular flexibility index (Phi) is 8.34. The molecule has 0 atom stereocenters. The van der Waals surface area contributed by atoms with Gasteiger partial charge < -0.3 is 11.6 Å². The van der Waals surface area contributed by atoms with Crippen LogP contribution in [-0.4, -0.2) is 10.3 Å². The molecule has 0 aliphatic rings. The summed E-state index contributed by atoms with van der Waals surface area (Å²) in [6.45, 7) is 18.5. The molecule has 0 fully saturated rings. The predicted octanol–water partition coefficient (Wildman–Crippen LogP) is 6.41. The van der Waals surface area contributed by atoms with E-state index in [1.165, 1.54) is 16.4 Å². The first-order chi connectivity index (χ1) is 9.53. The molecule has 1 rings (SSSR count). The molecule has 0 saturated carbocycles. The first-order valence-electron chi connectivity index (χ1n) is 8.00. The molecular formula is C19H32ClPPd. The number of halogens is 1. The Balaban J connectivity index is 0.00000441. The molecule has 22 heavy (non-hydrogen) atoms. The third kappa shape index (κ3) is 4.16. The van der Waals surface area contributed by atoms with Crippen molar-refractivity contribution >= 4 is 24.2 Å². The van der Waals surface area contributed by atoms with Gasteiger partial charge >= 0.3 is 0 Å². The van der Waals surface area contributed by atoms with Crippen LogP contribution in [0.1, 0.15) is 66.5 Å². The molecule has 0 unspecified atom stereocenters. The second kappa shape index (κ2) is 8.12. The van der Waals surface area contributed by atoms with Crippen molar-refractivity contribution in [2.75, 3.05) is 0 Å². The van der Waals surface area contributed by atoms with Crippen LogP contribution in [0.4, 0.5) is 0 Å². The van der Waals surface area contributed by atoms with Crippen molar-refractivity contribution in [1.82, 2.24) is 0 Å². The molecule has 0 aromatic heterocycles. The van der Waals surface area contributed by atoms with E-state index in [-0.39, 0.29) is 30.7 Å². The zero-order valence-electron chi connectivity index (χ0n) is 15.4. The van der Waals surface area contributed by atoms with E-state index in [0.29, 0.717) is 0 Å². The Morgan fingerprint density at radius 1 is 0.864 bits per heavy atom. The van der Waals surface area contributed by atoms with Gasteiger partial charge in [-0.3, -0.25) is 0 Å². The van der Waals surface area contributed by atoms with Crippen LogP contribution < -0.4 is 5.30 Å². The molecule has 0 aliphatic carbocycles. The van der Waals surface area contributed by atoms with E-state index < -0.39 is 7.26 Å². The van der Waals surface area contributed by atoms with Crippen LogP contribution in [-0.2, 0) is 33.3 Å². The molecule has 0 aliphatic heterocycles. The molecule has 130 valence electrons. The van der Waals surface area contributed by atoms with Crippen LogP contribution in [0.3, 0.4) is 0 Å². The predicted molar refractivity (Wildman–Crippen MR) is 101 cm³/mol. The maximum Gasteiger partial charge on any atom is 0.0675 e. The quantitative estimate of drug-likeness (QED) is 0.293. The molecule has 0 heterocycles. The zero-order chi connectivity index (χ0) is 16.5. The van der Waals surface area contributed by atoms with Crippen LogP contribution in [0.15, 0.2) is 18.2 Å². The van der Waals surface area contributed by atoms with E-state index in [9.17, 15) is 0 Å². The topological polar surface area (TPSA) is 0 Å². The van der Waals surface area contributed by atoms with Gasteiger partial charge in [0.1, 0.15) is 0 Å². The SMILES string of the molecule is CCc1cc(CC)cc([P+]([CH-]Cl)(C(C)(C)C)C(C)(C)C)c1.[Pd]. The van der Waals surface area contributed by atoms with Crippen molar-refractivity contribution in [3.8, 4) is 0 Å². The van der Waals surface area contributed by atoms with E-state index in [1.54, 1.807) is 0 Å². The number of aryl methyl sites for hydroxylation is 2. The summed E-state index contributed by atoms with van der Waals surface area (Å²) in [5.74, 6) is 0. The standard InChI is InChI=1S/C19H32ClP.Pd/c1-9-15-11-16(10-2)13-17(12-15)21(14-20,18(3,4)5)19(6,7)8;/h11-14H,9-10H2,1-8H3;. The number of hydrogen-bond acceptors (Lipinski definition) is 0. The van der Waals surface area contributed by atoms with Crippen LogP contribution >= 0.6 is 18.9 Å². The fourth-order valence-electron chi connectivity index (χ4n) is 3.48. The zero-order valence-corrected chi connectivity index (χ0v) is 18.6. The average molecular weight is 433 g/mol. The smallest absolute Gasteiger partial charge is 0.0675 e. The fraction of sp³-hybridized carbons (Fsp3) is 0.632. The largest absolute Gasteiger partial charge is 0.304 e. The van der Waals surface area contributed by atoms with Crippen molar-refractivity contribution in [2.24, 2.45) is 0 Å². The van der Waals surface area contributed by atoms with Crippen molar-refractivity contribution in [3.05, 3.63) is 34.9 Å². The van der Waals surface area contributed by atoms with Crippen molar-refractivity contribution < 1.29 is 20.4 Å². The minimum atomic E-state index is -1.64.